The Balaban J connectivity index is 1.84. The number of aliphatic hydroxyl groups is 1. The van der Waals surface area contributed by atoms with Gasteiger partial charge in [-0.3, -0.25) is 0 Å². The molecule has 1 N–H and O–H groups in total. The molecule has 20 heavy (non-hydrogen) atoms. The highest BCUT2D eigenvalue weighted by atomic mass is 16.5. The summed E-state index contributed by atoms with van der Waals surface area (Å²) in [5, 5.41) is 10.7. The predicted octanol–water partition coefficient (Wildman–Crippen LogP) is 4.21. The third-order valence-corrected chi connectivity index (χ3v) is 4.94. The Morgan fingerprint density at radius 1 is 1.20 bits per heavy atom. The monoisotopic (exact) mass is 276 g/mol. The van der Waals surface area contributed by atoms with E-state index in [9.17, 15) is 5.11 Å². The molecule has 1 fully saturated rings. The number of benzene rings is 1. The van der Waals surface area contributed by atoms with Gasteiger partial charge in [-0.05, 0) is 68.1 Å². The quantitative estimate of drug-likeness (QED) is 0.873. The lowest BCUT2D eigenvalue weighted by atomic mass is 9.73. The van der Waals surface area contributed by atoms with Crippen LogP contribution >= 0.6 is 0 Å². The van der Waals surface area contributed by atoms with Gasteiger partial charge in [0.1, 0.15) is 5.75 Å². The van der Waals surface area contributed by atoms with Crippen molar-refractivity contribution in [2.45, 2.75) is 58.0 Å². The van der Waals surface area contributed by atoms with E-state index in [1.165, 1.54) is 18.4 Å². The van der Waals surface area contributed by atoms with Gasteiger partial charge in [0.05, 0.1) is 12.7 Å². The first-order valence-corrected chi connectivity index (χ1v) is 7.88. The summed E-state index contributed by atoms with van der Waals surface area (Å²) in [4.78, 5) is 0. The fourth-order valence-corrected chi connectivity index (χ4v) is 3.26. The fourth-order valence-electron chi connectivity index (χ4n) is 3.26. The molecule has 2 rings (SSSR count). The molecule has 112 valence electrons. The molecule has 2 heteroatoms. The van der Waals surface area contributed by atoms with Crippen molar-refractivity contribution in [3.8, 4) is 5.75 Å². The van der Waals surface area contributed by atoms with Gasteiger partial charge in [0.15, 0.2) is 0 Å². The molecule has 1 aromatic carbocycles. The minimum Gasteiger partial charge on any atom is -0.497 e. The predicted molar refractivity (Wildman–Crippen MR) is 83.1 cm³/mol. The van der Waals surface area contributed by atoms with Gasteiger partial charge in [0.25, 0.3) is 0 Å². The minimum atomic E-state index is -0.439. The van der Waals surface area contributed by atoms with E-state index in [1.54, 1.807) is 7.11 Å². The van der Waals surface area contributed by atoms with Crippen molar-refractivity contribution < 1.29 is 9.84 Å². The lowest BCUT2D eigenvalue weighted by Gasteiger charge is -2.37. The molecule has 0 atom stereocenters. The molecular formula is C18H28O2. The van der Waals surface area contributed by atoms with Crippen molar-refractivity contribution in [1.82, 2.24) is 0 Å². The zero-order chi connectivity index (χ0) is 14.6. The molecule has 1 aromatic rings. The normalized spacial score (nSPS) is 26.8. The van der Waals surface area contributed by atoms with Crippen LogP contribution in [0.15, 0.2) is 24.3 Å². The van der Waals surface area contributed by atoms with Crippen LogP contribution in [-0.4, -0.2) is 17.8 Å². The highest BCUT2D eigenvalue weighted by Crippen LogP contribution is 2.38. The van der Waals surface area contributed by atoms with E-state index in [0.29, 0.717) is 0 Å². The van der Waals surface area contributed by atoms with E-state index in [0.717, 1.165) is 43.3 Å². The Hall–Kier alpha value is -1.02. The van der Waals surface area contributed by atoms with Gasteiger partial charge >= 0.3 is 0 Å². The first kappa shape index (κ1) is 15.4. The summed E-state index contributed by atoms with van der Waals surface area (Å²) in [5.41, 5.74) is 0.843. The first-order chi connectivity index (χ1) is 9.52. The molecule has 0 aromatic heterocycles. The van der Waals surface area contributed by atoms with Crippen molar-refractivity contribution in [3.05, 3.63) is 29.8 Å². The summed E-state index contributed by atoms with van der Waals surface area (Å²) in [6, 6.07) is 8.19. The van der Waals surface area contributed by atoms with Gasteiger partial charge in [-0.15, -0.1) is 0 Å². The molecule has 0 spiro atoms. The molecule has 0 amide bonds. The highest BCUT2D eigenvalue weighted by molar-refractivity contribution is 5.27. The van der Waals surface area contributed by atoms with Gasteiger partial charge < -0.3 is 9.84 Å². The molecular weight excluding hydrogens is 248 g/mol. The number of hydrogen-bond acceptors (Lipinski definition) is 2. The molecule has 0 aliphatic heterocycles. The van der Waals surface area contributed by atoms with Gasteiger partial charge in [-0.25, -0.2) is 0 Å². The number of ether oxygens (including phenoxy) is 1. The summed E-state index contributed by atoms with van der Waals surface area (Å²) in [5.74, 6) is 2.45. The largest absolute Gasteiger partial charge is 0.497 e. The molecule has 2 nitrogen and oxygen atoms in total. The standard InChI is InChI=1S/C18H28O2/c1-14(2)16-9-12-18(19,13-10-16)11-8-15-4-6-17(20-3)7-5-15/h4-7,14,16,19H,8-13H2,1-3H3. The van der Waals surface area contributed by atoms with Crippen LogP contribution in [0, 0.1) is 11.8 Å². The van der Waals surface area contributed by atoms with Crippen LogP contribution in [0.2, 0.25) is 0 Å². The number of methoxy groups -OCH3 is 1. The molecule has 1 saturated carbocycles. The van der Waals surface area contributed by atoms with E-state index in [2.05, 4.69) is 26.0 Å². The Morgan fingerprint density at radius 2 is 1.80 bits per heavy atom. The van der Waals surface area contributed by atoms with E-state index in [4.69, 9.17) is 4.74 Å². The third kappa shape index (κ3) is 3.99. The average Bonchev–Trinajstić information content (AvgIpc) is 2.46. The van der Waals surface area contributed by atoms with E-state index >= 15 is 0 Å². The molecule has 1 aliphatic rings. The molecule has 0 saturated heterocycles. The Bertz CT molecular complexity index is 400. The average molecular weight is 276 g/mol. The number of aryl methyl sites for hydroxylation is 1. The van der Waals surface area contributed by atoms with E-state index in [-0.39, 0.29) is 0 Å². The Labute approximate surface area is 123 Å². The zero-order valence-electron chi connectivity index (χ0n) is 13.1. The van der Waals surface area contributed by atoms with Gasteiger partial charge in [0.2, 0.25) is 0 Å². The maximum absolute atomic E-state index is 10.7. The van der Waals surface area contributed by atoms with Crippen molar-refractivity contribution >= 4 is 0 Å². The summed E-state index contributed by atoms with van der Waals surface area (Å²) in [6.07, 6.45) is 6.11. The molecule has 0 heterocycles. The Kier molecular flexibility index (Phi) is 5.09. The van der Waals surface area contributed by atoms with Crippen LogP contribution in [0.3, 0.4) is 0 Å². The number of hydrogen-bond donors (Lipinski definition) is 1. The lowest BCUT2D eigenvalue weighted by molar-refractivity contribution is -0.0216. The maximum Gasteiger partial charge on any atom is 0.118 e. The first-order valence-electron chi connectivity index (χ1n) is 7.88. The number of rotatable bonds is 5. The lowest BCUT2D eigenvalue weighted by Crippen LogP contribution is -2.35. The fraction of sp³-hybridized carbons (Fsp3) is 0.667. The summed E-state index contributed by atoms with van der Waals surface area (Å²) >= 11 is 0. The van der Waals surface area contributed by atoms with Crippen molar-refractivity contribution in [1.29, 1.82) is 0 Å². The van der Waals surface area contributed by atoms with E-state index < -0.39 is 5.60 Å². The topological polar surface area (TPSA) is 29.5 Å². The van der Waals surface area contributed by atoms with Crippen LogP contribution in [0.1, 0.15) is 51.5 Å². The minimum absolute atomic E-state index is 0.439. The summed E-state index contributed by atoms with van der Waals surface area (Å²) in [7, 11) is 1.69. The highest BCUT2D eigenvalue weighted by Gasteiger charge is 2.33. The van der Waals surface area contributed by atoms with Crippen LogP contribution in [0.4, 0.5) is 0 Å². The van der Waals surface area contributed by atoms with Gasteiger partial charge in [-0.2, -0.15) is 0 Å². The van der Waals surface area contributed by atoms with Crippen molar-refractivity contribution in [3.63, 3.8) is 0 Å². The second kappa shape index (κ2) is 6.62. The Morgan fingerprint density at radius 3 is 2.30 bits per heavy atom. The molecule has 0 bridgehead atoms. The van der Waals surface area contributed by atoms with Crippen LogP contribution in [0.25, 0.3) is 0 Å². The van der Waals surface area contributed by atoms with Gasteiger partial charge in [0, 0.05) is 0 Å². The SMILES string of the molecule is COc1ccc(CCC2(O)CCC(C(C)C)CC2)cc1. The van der Waals surface area contributed by atoms with E-state index in [1.807, 2.05) is 12.1 Å². The van der Waals surface area contributed by atoms with Crippen LogP contribution in [-0.2, 0) is 6.42 Å². The summed E-state index contributed by atoms with van der Waals surface area (Å²) in [6.45, 7) is 4.60. The second-order valence-corrected chi connectivity index (χ2v) is 6.65. The van der Waals surface area contributed by atoms with Crippen LogP contribution in [0.5, 0.6) is 5.75 Å². The second-order valence-electron chi connectivity index (χ2n) is 6.65. The zero-order valence-corrected chi connectivity index (χ0v) is 13.1. The van der Waals surface area contributed by atoms with Crippen molar-refractivity contribution in [2.24, 2.45) is 11.8 Å². The van der Waals surface area contributed by atoms with Gasteiger partial charge in [-0.1, -0.05) is 26.0 Å². The van der Waals surface area contributed by atoms with Crippen LogP contribution < -0.4 is 4.74 Å². The smallest absolute Gasteiger partial charge is 0.118 e. The third-order valence-electron chi connectivity index (χ3n) is 4.94. The molecule has 0 unspecified atom stereocenters. The molecule has 0 radical (unpaired) electrons. The van der Waals surface area contributed by atoms with Crippen molar-refractivity contribution in [2.75, 3.05) is 7.11 Å². The summed E-state index contributed by atoms with van der Waals surface area (Å²) < 4.78 is 5.17. The molecule has 1 aliphatic carbocycles. The maximum atomic E-state index is 10.7.